The largest absolute Gasteiger partial charge is 0.357 e. The normalized spacial score (nSPS) is 12.5. The highest BCUT2D eigenvalue weighted by molar-refractivity contribution is 5.46. The van der Waals surface area contributed by atoms with Gasteiger partial charge in [0.15, 0.2) is 0 Å². The topological polar surface area (TPSA) is 42.2 Å². The molecule has 3 heteroatoms. The van der Waals surface area contributed by atoms with Gasteiger partial charge in [0.2, 0.25) is 0 Å². The van der Waals surface area contributed by atoms with E-state index in [1.165, 1.54) is 12.8 Å². The number of rotatable bonds is 5. The molecule has 0 aliphatic carbocycles. The van der Waals surface area contributed by atoms with Crippen molar-refractivity contribution < 1.29 is 0 Å². The van der Waals surface area contributed by atoms with Crippen LogP contribution in [0.2, 0.25) is 0 Å². The van der Waals surface area contributed by atoms with E-state index in [2.05, 4.69) is 30.8 Å². The molecule has 1 atom stereocenters. The number of nitrogens with zero attached hydrogens (tertiary/aromatic N) is 2. The molecule has 0 bridgehead atoms. The molecule has 0 amide bonds. The number of nitrogens with two attached hydrogens (primary N) is 1. The molecule has 84 valence electrons. The molecule has 1 aromatic rings. The summed E-state index contributed by atoms with van der Waals surface area (Å²) in [7, 11) is 2.09. The summed E-state index contributed by atoms with van der Waals surface area (Å²) >= 11 is 0. The zero-order valence-corrected chi connectivity index (χ0v) is 9.90. The molecule has 0 aromatic carbocycles. The molecule has 1 rings (SSSR count). The highest BCUT2D eigenvalue weighted by Gasteiger charge is 2.12. The van der Waals surface area contributed by atoms with Crippen LogP contribution in [0.25, 0.3) is 0 Å². The molecule has 1 heterocycles. The van der Waals surface area contributed by atoms with E-state index in [0.29, 0.717) is 12.6 Å². The smallest absolute Gasteiger partial charge is 0.132 e. The van der Waals surface area contributed by atoms with Gasteiger partial charge >= 0.3 is 0 Å². The van der Waals surface area contributed by atoms with Crippen molar-refractivity contribution in [3.05, 3.63) is 23.9 Å². The molecule has 0 fully saturated rings. The predicted molar refractivity (Wildman–Crippen MR) is 64.9 cm³/mol. The Balaban J connectivity index is 2.84. The van der Waals surface area contributed by atoms with Gasteiger partial charge in [0, 0.05) is 31.4 Å². The Morgan fingerprint density at radius 2 is 2.27 bits per heavy atom. The maximum atomic E-state index is 5.70. The van der Waals surface area contributed by atoms with Crippen LogP contribution in [-0.2, 0) is 6.54 Å². The maximum absolute atomic E-state index is 5.70. The van der Waals surface area contributed by atoms with Crippen molar-refractivity contribution >= 4 is 5.82 Å². The van der Waals surface area contributed by atoms with Gasteiger partial charge in [0.1, 0.15) is 5.82 Å². The zero-order chi connectivity index (χ0) is 11.3. The van der Waals surface area contributed by atoms with Gasteiger partial charge in [0.05, 0.1) is 0 Å². The Bertz CT molecular complexity index is 299. The minimum absolute atomic E-state index is 0.509. The standard InChI is InChI=1S/C12H21N3/c1-4-6-10(2)15(3)12-11(9-13)7-5-8-14-12/h5,7-8,10H,4,6,9,13H2,1-3H3. The third-order valence-electron chi connectivity index (χ3n) is 2.79. The van der Waals surface area contributed by atoms with Crippen molar-refractivity contribution in [2.75, 3.05) is 11.9 Å². The van der Waals surface area contributed by atoms with Gasteiger partial charge in [-0.2, -0.15) is 0 Å². The lowest BCUT2D eigenvalue weighted by Gasteiger charge is -2.27. The zero-order valence-electron chi connectivity index (χ0n) is 9.90. The van der Waals surface area contributed by atoms with Gasteiger partial charge < -0.3 is 10.6 Å². The van der Waals surface area contributed by atoms with Crippen LogP contribution >= 0.6 is 0 Å². The van der Waals surface area contributed by atoms with Crippen molar-refractivity contribution in [2.24, 2.45) is 5.73 Å². The Morgan fingerprint density at radius 3 is 2.87 bits per heavy atom. The van der Waals surface area contributed by atoms with Crippen LogP contribution < -0.4 is 10.6 Å². The van der Waals surface area contributed by atoms with Gasteiger partial charge in [-0.25, -0.2) is 4.98 Å². The van der Waals surface area contributed by atoms with Crippen molar-refractivity contribution in [1.82, 2.24) is 4.98 Å². The number of aromatic nitrogens is 1. The first-order chi connectivity index (χ1) is 7.20. The molecule has 0 saturated heterocycles. The van der Waals surface area contributed by atoms with Crippen LogP contribution in [0.5, 0.6) is 0 Å². The monoisotopic (exact) mass is 207 g/mol. The van der Waals surface area contributed by atoms with E-state index >= 15 is 0 Å². The average Bonchev–Trinajstić information content (AvgIpc) is 2.28. The number of hydrogen-bond donors (Lipinski definition) is 1. The molecule has 1 unspecified atom stereocenters. The fraction of sp³-hybridized carbons (Fsp3) is 0.583. The van der Waals surface area contributed by atoms with Gasteiger partial charge in [-0.1, -0.05) is 19.4 Å². The summed E-state index contributed by atoms with van der Waals surface area (Å²) in [5, 5.41) is 0. The highest BCUT2D eigenvalue weighted by Crippen LogP contribution is 2.18. The first-order valence-corrected chi connectivity index (χ1v) is 5.57. The molecule has 0 spiro atoms. The molecular formula is C12H21N3. The lowest BCUT2D eigenvalue weighted by atomic mass is 10.1. The van der Waals surface area contributed by atoms with E-state index in [0.717, 1.165) is 11.4 Å². The van der Waals surface area contributed by atoms with E-state index in [4.69, 9.17) is 5.73 Å². The molecule has 1 aromatic heterocycles. The van der Waals surface area contributed by atoms with Crippen LogP contribution in [-0.4, -0.2) is 18.1 Å². The Labute approximate surface area is 92.3 Å². The third kappa shape index (κ3) is 2.93. The van der Waals surface area contributed by atoms with Crippen molar-refractivity contribution in [2.45, 2.75) is 39.3 Å². The fourth-order valence-corrected chi connectivity index (χ4v) is 1.73. The summed E-state index contributed by atoms with van der Waals surface area (Å²) in [5.41, 5.74) is 6.81. The van der Waals surface area contributed by atoms with Crippen LogP contribution in [0.1, 0.15) is 32.3 Å². The molecule has 0 saturated carbocycles. The number of hydrogen-bond acceptors (Lipinski definition) is 3. The molecular weight excluding hydrogens is 186 g/mol. The minimum Gasteiger partial charge on any atom is -0.357 e. The van der Waals surface area contributed by atoms with E-state index in [9.17, 15) is 0 Å². The van der Waals surface area contributed by atoms with Gasteiger partial charge in [0.25, 0.3) is 0 Å². The van der Waals surface area contributed by atoms with E-state index in [-0.39, 0.29) is 0 Å². The van der Waals surface area contributed by atoms with Crippen LogP contribution in [0.3, 0.4) is 0 Å². The second-order valence-electron chi connectivity index (χ2n) is 3.94. The van der Waals surface area contributed by atoms with Gasteiger partial charge in [-0.15, -0.1) is 0 Å². The molecule has 0 aliphatic heterocycles. The van der Waals surface area contributed by atoms with Crippen molar-refractivity contribution in [1.29, 1.82) is 0 Å². The average molecular weight is 207 g/mol. The van der Waals surface area contributed by atoms with Crippen molar-refractivity contribution in [3.8, 4) is 0 Å². The van der Waals surface area contributed by atoms with Gasteiger partial charge in [-0.05, 0) is 19.4 Å². The summed E-state index contributed by atoms with van der Waals surface area (Å²) < 4.78 is 0. The lowest BCUT2D eigenvalue weighted by molar-refractivity contribution is 0.609. The summed E-state index contributed by atoms with van der Waals surface area (Å²) in [6.45, 7) is 4.97. The van der Waals surface area contributed by atoms with E-state index in [1.807, 2.05) is 18.3 Å². The molecule has 2 N–H and O–H groups in total. The second kappa shape index (κ2) is 5.71. The first-order valence-electron chi connectivity index (χ1n) is 5.57. The summed E-state index contributed by atoms with van der Waals surface area (Å²) in [6, 6.07) is 4.48. The molecule has 0 radical (unpaired) electrons. The lowest BCUT2D eigenvalue weighted by Crippen LogP contribution is -2.30. The molecule has 3 nitrogen and oxygen atoms in total. The SMILES string of the molecule is CCCC(C)N(C)c1ncccc1CN. The number of anilines is 1. The van der Waals surface area contributed by atoms with E-state index in [1.54, 1.807) is 0 Å². The fourth-order valence-electron chi connectivity index (χ4n) is 1.73. The van der Waals surface area contributed by atoms with Crippen LogP contribution in [0.4, 0.5) is 5.82 Å². The summed E-state index contributed by atoms with van der Waals surface area (Å²) in [6.07, 6.45) is 4.19. The Morgan fingerprint density at radius 1 is 1.53 bits per heavy atom. The van der Waals surface area contributed by atoms with Crippen LogP contribution in [0.15, 0.2) is 18.3 Å². The Hall–Kier alpha value is -1.09. The summed E-state index contributed by atoms with van der Waals surface area (Å²) in [5.74, 6) is 1.01. The summed E-state index contributed by atoms with van der Waals surface area (Å²) in [4.78, 5) is 6.61. The number of pyridine rings is 1. The van der Waals surface area contributed by atoms with Gasteiger partial charge in [-0.3, -0.25) is 0 Å². The third-order valence-corrected chi connectivity index (χ3v) is 2.79. The first kappa shape index (κ1) is 12.0. The van der Waals surface area contributed by atoms with Crippen molar-refractivity contribution in [3.63, 3.8) is 0 Å². The minimum atomic E-state index is 0.509. The quantitative estimate of drug-likeness (QED) is 0.804. The molecule has 15 heavy (non-hydrogen) atoms. The van der Waals surface area contributed by atoms with E-state index < -0.39 is 0 Å². The predicted octanol–water partition coefficient (Wildman–Crippen LogP) is 2.17. The second-order valence-corrected chi connectivity index (χ2v) is 3.94. The maximum Gasteiger partial charge on any atom is 0.132 e. The molecule has 0 aliphatic rings. The highest BCUT2D eigenvalue weighted by atomic mass is 15.2. The Kier molecular flexibility index (Phi) is 4.56. The van der Waals surface area contributed by atoms with Crippen LogP contribution in [0, 0.1) is 0 Å².